The minimum Gasteiger partial charge on any atom is -0.478 e. The molecule has 2 aromatic heterocycles. The van der Waals surface area contributed by atoms with Gasteiger partial charge in [0.25, 0.3) is 0 Å². The van der Waals surface area contributed by atoms with Gasteiger partial charge in [-0.15, -0.1) is 0 Å². The van der Waals surface area contributed by atoms with Gasteiger partial charge < -0.3 is 14.8 Å². The molecule has 0 saturated heterocycles. The third-order valence-corrected chi connectivity index (χ3v) is 5.41. The van der Waals surface area contributed by atoms with Crippen molar-refractivity contribution in [3.63, 3.8) is 0 Å². The van der Waals surface area contributed by atoms with E-state index in [0.717, 1.165) is 11.9 Å². The zero-order valence-electron chi connectivity index (χ0n) is 18.0. The number of aryl methyl sites for hydroxylation is 1. The number of nitrogens with zero attached hydrogens (tertiary/aromatic N) is 1. The molecule has 4 rings (SSSR count). The van der Waals surface area contributed by atoms with E-state index in [1.807, 2.05) is 19.9 Å². The van der Waals surface area contributed by atoms with E-state index in [0.29, 0.717) is 33.5 Å². The second-order valence-corrected chi connectivity index (χ2v) is 7.76. The minimum absolute atomic E-state index is 0.0784. The molecular formula is C25H22N4O4. The van der Waals surface area contributed by atoms with Crippen LogP contribution in [0.2, 0.25) is 0 Å². The number of fused-ring (bicyclic) bond motifs is 1. The Bertz CT molecular complexity index is 1520. The molecular weight excluding hydrogens is 420 g/mol. The first-order valence-corrected chi connectivity index (χ1v) is 10.2. The van der Waals surface area contributed by atoms with E-state index in [9.17, 15) is 14.7 Å². The fraction of sp³-hybridized carbons (Fsp3) is 0.120. The maximum Gasteiger partial charge on any atom is 0.337 e. The van der Waals surface area contributed by atoms with Crippen LogP contribution in [0.1, 0.15) is 34.5 Å². The number of aromatic nitrogens is 1. The topological polar surface area (TPSA) is 132 Å². The largest absolute Gasteiger partial charge is 0.478 e. The van der Waals surface area contributed by atoms with Crippen molar-refractivity contribution in [3.05, 3.63) is 93.2 Å². The number of nitrogens with one attached hydrogen (secondary N) is 3. The highest BCUT2D eigenvalue weighted by Crippen LogP contribution is 2.31. The average Bonchev–Trinajstić information content (AvgIpc) is 2.79. The molecule has 0 spiro atoms. The van der Waals surface area contributed by atoms with E-state index in [4.69, 9.17) is 15.2 Å². The molecule has 0 aliphatic carbocycles. The summed E-state index contributed by atoms with van der Waals surface area (Å²) in [5, 5.41) is 28.5. The summed E-state index contributed by atoms with van der Waals surface area (Å²) >= 11 is 0. The van der Waals surface area contributed by atoms with Gasteiger partial charge in [0, 0.05) is 29.1 Å². The van der Waals surface area contributed by atoms with Crippen LogP contribution in [0.3, 0.4) is 0 Å². The number of benzene rings is 2. The Morgan fingerprint density at radius 1 is 1.18 bits per heavy atom. The number of pyridine rings is 1. The number of hydrogen-bond acceptors (Lipinski definition) is 6. The van der Waals surface area contributed by atoms with Crippen LogP contribution in [0.5, 0.6) is 0 Å². The van der Waals surface area contributed by atoms with Crippen molar-refractivity contribution >= 4 is 29.0 Å². The van der Waals surface area contributed by atoms with Crippen LogP contribution in [-0.4, -0.2) is 22.0 Å². The number of hydrogen-bond donors (Lipinski definition) is 4. The van der Waals surface area contributed by atoms with Gasteiger partial charge >= 0.3 is 5.97 Å². The van der Waals surface area contributed by atoms with Crippen molar-refractivity contribution in [1.82, 2.24) is 4.57 Å². The zero-order valence-corrected chi connectivity index (χ0v) is 18.0. The van der Waals surface area contributed by atoms with Gasteiger partial charge in [0.1, 0.15) is 16.8 Å². The molecule has 0 aliphatic rings. The molecule has 33 heavy (non-hydrogen) atoms. The molecule has 8 nitrogen and oxygen atoms in total. The van der Waals surface area contributed by atoms with E-state index in [2.05, 4.69) is 5.32 Å². The maximum atomic E-state index is 13.0. The number of rotatable bonds is 6. The fourth-order valence-corrected chi connectivity index (χ4v) is 3.78. The second kappa shape index (κ2) is 8.58. The third kappa shape index (κ3) is 4.18. The van der Waals surface area contributed by atoms with Crippen LogP contribution in [0, 0.1) is 17.7 Å². The number of carboxylic acids is 1. The van der Waals surface area contributed by atoms with Crippen molar-refractivity contribution in [2.24, 2.45) is 0 Å². The van der Waals surface area contributed by atoms with Gasteiger partial charge in [0.05, 0.1) is 23.3 Å². The third-order valence-electron chi connectivity index (χ3n) is 5.41. The Morgan fingerprint density at radius 2 is 1.94 bits per heavy atom. The van der Waals surface area contributed by atoms with Crippen LogP contribution >= 0.6 is 0 Å². The SMILES string of the molecule is Cc1cc(C(C)Nc2ccccc2C(=O)O)c2oc(-c3ccn(C=N)c(=N)c3)cc(=O)c2c1. The van der Waals surface area contributed by atoms with E-state index < -0.39 is 5.97 Å². The van der Waals surface area contributed by atoms with Gasteiger partial charge in [-0.1, -0.05) is 18.2 Å². The van der Waals surface area contributed by atoms with Crippen LogP contribution in [0.25, 0.3) is 22.3 Å². The minimum atomic E-state index is -1.04. The number of aromatic carboxylic acids is 1. The van der Waals surface area contributed by atoms with Gasteiger partial charge in [-0.2, -0.15) is 0 Å². The molecule has 0 aliphatic heterocycles. The Hall–Kier alpha value is -4.46. The van der Waals surface area contributed by atoms with Crippen LogP contribution in [-0.2, 0) is 0 Å². The molecule has 8 heteroatoms. The molecule has 1 atom stereocenters. The van der Waals surface area contributed by atoms with Crippen molar-refractivity contribution in [1.29, 1.82) is 10.8 Å². The molecule has 4 aromatic rings. The first-order chi connectivity index (χ1) is 15.8. The smallest absolute Gasteiger partial charge is 0.337 e. The van der Waals surface area contributed by atoms with E-state index in [1.54, 1.807) is 36.5 Å². The summed E-state index contributed by atoms with van der Waals surface area (Å²) in [5.74, 6) is -0.730. The highest BCUT2D eigenvalue weighted by atomic mass is 16.4. The Balaban J connectivity index is 1.86. The molecule has 4 N–H and O–H groups in total. The Morgan fingerprint density at radius 3 is 2.64 bits per heavy atom. The predicted molar refractivity (Wildman–Crippen MR) is 126 cm³/mol. The van der Waals surface area contributed by atoms with Crippen LogP contribution in [0.15, 0.2) is 70.0 Å². The highest BCUT2D eigenvalue weighted by molar-refractivity contribution is 5.94. The summed E-state index contributed by atoms with van der Waals surface area (Å²) in [4.78, 5) is 24.6. The lowest BCUT2D eigenvalue weighted by Gasteiger charge is -2.19. The molecule has 0 amide bonds. The summed E-state index contributed by atoms with van der Waals surface area (Å²) in [5.41, 5.74) is 2.99. The Kier molecular flexibility index (Phi) is 5.66. The van der Waals surface area contributed by atoms with Gasteiger partial charge in [0.15, 0.2) is 5.43 Å². The lowest BCUT2D eigenvalue weighted by Crippen LogP contribution is -2.17. The molecule has 0 bridgehead atoms. The average molecular weight is 442 g/mol. The van der Waals surface area contributed by atoms with Crippen LogP contribution < -0.4 is 16.2 Å². The van der Waals surface area contributed by atoms with Crippen LogP contribution in [0.4, 0.5) is 5.69 Å². The maximum absolute atomic E-state index is 13.0. The molecule has 2 heterocycles. The molecule has 0 saturated carbocycles. The van der Waals surface area contributed by atoms with Crippen molar-refractivity contribution in [2.75, 3.05) is 5.32 Å². The number of carboxylic acid groups (broad SMARTS) is 1. The summed E-state index contributed by atoms with van der Waals surface area (Å²) in [6.07, 6.45) is 2.57. The molecule has 1 unspecified atom stereocenters. The van der Waals surface area contributed by atoms with E-state index in [-0.39, 0.29) is 22.5 Å². The lowest BCUT2D eigenvalue weighted by atomic mass is 10.00. The summed E-state index contributed by atoms with van der Waals surface area (Å²) in [6.45, 7) is 3.75. The summed E-state index contributed by atoms with van der Waals surface area (Å²) in [7, 11) is 0. The standard InChI is InChI=1S/C25H22N4O4/c1-14-9-18(15(2)28-20-6-4-3-5-17(20)25(31)32)24-19(10-14)21(30)12-22(33-24)16-7-8-29(13-26)23(27)11-16/h3-13,15,26-28H,1-2H3,(H,31,32). The molecule has 0 fully saturated rings. The molecule has 0 radical (unpaired) electrons. The fourth-order valence-electron chi connectivity index (χ4n) is 3.78. The van der Waals surface area contributed by atoms with Gasteiger partial charge in [-0.3, -0.25) is 20.2 Å². The highest BCUT2D eigenvalue weighted by Gasteiger charge is 2.18. The van der Waals surface area contributed by atoms with Crippen molar-refractivity contribution in [2.45, 2.75) is 19.9 Å². The number of anilines is 1. The lowest BCUT2D eigenvalue weighted by molar-refractivity contribution is 0.0698. The zero-order chi connectivity index (χ0) is 23.7. The van der Waals surface area contributed by atoms with Gasteiger partial charge in [-0.05, 0) is 49.7 Å². The quantitative estimate of drug-likeness (QED) is 0.260. The second-order valence-electron chi connectivity index (χ2n) is 7.76. The first kappa shape index (κ1) is 21.8. The molecule has 166 valence electrons. The first-order valence-electron chi connectivity index (χ1n) is 10.2. The van der Waals surface area contributed by atoms with Gasteiger partial charge in [0.2, 0.25) is 0 Å². The van der Waals surface area contributed by atoms with E-state index >= 15 is 0 Å². The number of para-hydroxylation sites is 1. The van der Waals surface area contributed by atoms with Crippen molar-refractivity contribution < 1.29 is 14.3 Å². The normalized spacial score (nSPS) is 11.8. The summed E-state index contributed by atoms with van der Waals surface area (Å²) in [6, 6.07) is 14.5. The summed E-state index contributed by atoms with van der Waals surface area (Å²) < 4.78 is 7.50. The monoisotopic (exact) mass is 442 g/mol. The predicted octanol–water partition coefficient (Wildman–Crippen LogP) is 4.38. The van der Waals surface area contributed by atoms with Gasteiger partial charge in [-0.25, -0.2) is 4.79 Å². The van der Waals surface area contributed by atoms with Crippen molar-refractivity contribution in [3.8, 4) is 11.3 Å². The molecule has 2 aromatic carbocycles. The Labute approximate surface area is 188 Å². The number of carbonyl (C=O) groups is 1. The van der Waals surface area contributed by atoms with E-state index in [1.165, 1.54) is 22.8 Å².